The average Bonchev–Trinajstić information content (AvgIpc) is 2.85. The number of hydrogen-bond acceptors (Lipinski definition) is 5. The van der Waals surface area contributed by atoms with E-state index in [1.165, 1.54) is 21.7 Å². The summed E-state index contributed by atoms with van der Waals surface area (Å²) in [5.74, 6) is -3.62. The number of pyridine rings is 1. The summed E-state index contributed by atoms with van der Waals surface area (Å²) in [4.78, 5) is 41.4. The van der Waals surface area contributed by atoms with Crippen LogP contribution < -0.4 is 10.7 Å². The molecule has 3 atom stereocenters. The van der Waals surface area contributed by atoms with Crippen molar-refractivity contribution in [2.24, 2.45) is 0 Å². The maximum atomic E-state index is 14.8. The summed E-state index contributed by atoms with van der Waals surface area (Å²) in [6.07, 6.45) is 5.23. The Morgan fingerprint density at radius 3 is 2.62 bits per heavy atom. The van der Waals surface area contributed by atoms with Gasteiger partial charge in [0.1, 0.15) is 17.2 Å². The predicted molar refractivity (Wildman–Crippen MR) is 130 cm³/mol. The summed E-state index contributed by atoms with van der Waals surface area (Å²) >= 11 is 0. The number of carbonyl (C=O) groups excluding carboxylic acids is 2. The Hall–Kier alpha value is -3.27. The average molecular weight is 516 g/mol. The summed E-state index contributed by atoms with van der Waals surface area (Å²) in [5.41, 5.74) is -2.48. The van der Waals surface area contributed by atoms with Gasteiger partial charge in [-0.25, -0.2) is 8.78 Å². The van der Waals surface area contributed by atoms with E-state index in [1.807, 2.05) is 13.8 Å². The molecule has 37 heavy (non-hydrogen) atoms. The molecule has 10 heteroatoms. The topological polar surface area (TPSA) is 101 Å². The first-order valence-electron chi connectivity index (χ1n) is 12.9. The second-order valence-corrected chi connectivity index (χ2v) is 10.4. The number of halogens is 2. The van der Waals surface area contributed by atoms with Crippen molar-refractivity contribution in [3.05, 3.63) is 63.1 Å². The molecule has 1 saturated heterocycles. The molecular formula is C27H31F2N3O5. The van der Waals surface area contributed by atoms with Gasteiger partial charge in [0.15, 0.2) is 17.7 Å². The van der Waals surface area contributed by atoms with E-state index in [2.05, 4.69) is 5.32 Å². The van der Waals surface area contributed by atoms with E-state index in [0.29, 0.717) is 32.1 Å². The molecule has 1 aliphatic carbocycles. The Morgan fingerprint density at radius 1 is 1.22 bits per heavy atom. The van der Waals surface area contributed by atoms with Crippen molar-refractivity contribution < 1.29 is 28.2 Å². The van der Waals surface area contributed by atoms with Gasteiger partial charge in [0.2, 0.25) is 5.43 Å². The molecule has 2 aromatic rings. The van der Waals surface area contributed by atoms with Gasteiger partial charge in [-0.15, -0.1) is 0 Å². The number of carbonyl (C=O) groups is 2. The van der Waals surface area contributed by atoms with Gasteiger partial charge in [0, 0.05) is 23.9 Å². The minimum atomic E-state index is -1.13. The molecule has 0 radical (unpaired) electrons. The highest BCUT2D eigenvalue weighted by Crippen LogP contribution is 2.39. The SMILES string of the molecule is CC[C@H]1C[C@@H](C)N2C(=O)c3c(O)c(=O)c(C(=O)NC4(c5ccc(F)cc5F)CCCCC4)cn3CC2O1. The molecule has 5 rings (SSSR count). The fraction of sp³-hybridized carbons (Fsp3) is 0.519. The van der Waals surface area contributed by atoms with E-state index in [0.717, 1.165) is 25.0 Å². The van der Waals surface area contributed by atoms with Crippen LogP contribution in [0.25, 0.3) is 0 Å². The molecule has 3 aliphatic rings. The number of aromatic hydroxyl groups is 1. The second kappa shape index (κ2) is 9.55. The zero-order chi connectivity index (χ0) is 26.5. The Bertz CT molecular complexity index is 1300. The van der Waals surface area contributed by atoms with Gasteiger partial charge in [-0.3, -0.25) is 14.4 Å². The van der Waals surface area contributed by atoms with Gasteiger partial charge in [-0.2, -0.15) is 0 Å². The monoisotopic (exact) mass is 515 g/mol. The lowest BCUT2D eigenvalue weighted by Gasteiger charge is -2.47. The Morgan fingerprint density at radius 2 is 1.95 bits per heavy atom. The molecule has 2 aliphatic heterocycles. The van der Waals surface area contributed by atoms with Gasteiger partial charge < -0.3 is 24.6 Å². The molecule has 198 valence electrons. The maximum Gasteiger partial charge on any atom is 0.276 e. The third-order valence-corrected chi connectivity index (χ3v) is 7.99. The van der Waals surface area contributed by atoms with Crippen molar-refractivity contribution >= 4 is 11.8 Å². The molecule has 2 fully saturated rings. The first kappa shape index (κ1) is 25.4. The van der Waals surface area contributed by atoms with Crippen LogP contribution in [-0.4, -0.2) is 44.8 Å². The van der Waals surface area contributed by atoms with Crippen LogP contribution in [0.5, 0.6) is 5.75 Å². The van der Waals surface area contributed by atoms with Gasteiger partial charge >= 0.3 is 0 Å². The number of benzene rings is 1. The molecule has 0 spiro atoms. The lowest BCUT2D eigenvalue weighted by Crippen LogP contribution is -2.59. The van der Waals surface area contributed by atoms with Gasteiger partial charge in [-0.1, -0.05) is 32.3 Å². The van der Waals surface area contributed by atoms with Crippen molar-refractivity contribution in [3.63, 3.8) is 0 Å². The predicted octanol–water partition coefficient (Wildman–Crippen LogP) is 3.79. The van der Waals surface area contributed by atoms with Crippen molar-refractivity contribution in [2.45, 2.75) is 89.3 Å². The number of hydrogen-bond donors (Lipinski definition) is 2. The highest BCUT2D eigenvalue weighted by Gasteiger charge is 2.44. The molecular weight excluding hydrogens is 484 g/mol. The number of rotatable bonds is 4. The second-order valence-electron chi connectivity index (χ2n) is 10.4. The molecule has 1 unspecified atom stereocenters. The van der Waals surface area contributed by atoms with E-state index in [9.17, 15) is 28.3 Å². The largest absolute Gasteiger partial charge is 0.503 e. The molecule has 1 aromatic heterocycles. The number of amides is 2. The van der Waals surface area contributed by atoms with E-state index in [-0.39, 0.29) is 35.5 Å². The standard InChI is InChI=1S/C27H31F2N3O5/c1-3-17-11-15(2)32-21(37-17)14-31-13-18(23(33)24(34)22(31)26(32)36)25(35)30-27(9-5-4-6-10-27)19-8-7-16(28)12-20(19)29/h7-8,12-13,15,17,21,34H,3-6,9-11,14H2,1-2H3,(H,30,35)/t15-,17+,21?/m1/s1. The summed E-state index contributed by atoms with van der Waals surface area (Å²) in [7, 11) is 0. The number of aromatic nitrogens is 1. The fourth-order valence-corrected chi connectivity index (χ4v) is 6.10. The van der Waals surface area contributed by atoms with Crippen molar-refractivity contribution in [1.29, 1.82) is 0 Å². The number of fused-ring (bicyclic) bond motifs is 2. The molecule has 3 heterocycles. The summed E-state index contributed by atoms with van der Waals surface area (Å²) in [6, 6.07) is 3.11. The highest BCUT2D eigenvalue weighted by molar-refractivity contribution is 5.99. The summed E-state index contributed by atoms with van der Waals surface area (Å²) in [6.45, 7) is 4.05. The smallest absolute Gasteiger partial charge is 0.276 e. The molecule has 2 N–H and O–H groups in total. The lowest BCUT2D eigenvalue weighted by atomic mass is 9.76. The van der Waals surface area contributed by atoms with Gasteiger partial charge in [0.05, 0.1) is 18.2 Å². The van der Waals surface area contributed by atoms with E-state index < -0.39 is 46.4 Å². The fourth-order valence-electron chi connectivity index (χ4n) is 6.10. The third-order valence-electron chi connectivity index (χ3n) is 7.99. The van der Waals surface area contributed by atoms with Crippen LogP contribution in [-0.2, 0) is 16.8 Å². The molecule has 8 nitrogen and oxygen atoms in total. The first-order chi connectivity index (χ1) is 17.6. The van der Waals surface area contributed by atoms with E-state index in [1.54, 1.807) is 0 Å². The number of ether oxygens (including phenoxy) is 1. The molecule has 2 amide bonds. The number of nitrogens with zero attached hydrogens (tertiary/aromatic N) is 2. The summed E-state index contributed by atoms with van der Waals surface area (Å²) < 4.78 is 35.9. The lowest BCUT2D eigenvalue weighted by molar-refractivity contribution is -0.153. The number of nitrogens with one attached hydrogen (secondary N) is 1. The van der Waals surface area contributed by atoms with Crippen LogP contribution >= 0.6 is 0 Å². The van der Waals surface area contributed by atoms with Crippen LogP contribution in [0.15, 0.2) is 29.2 Å². The van der Waals surface area contributed by atoms with E-state index in [4.69, 9.17) is 4.74 Å². The van der Waals surface area contributed by atoms with Gasteiger partial charge in [0.25, 0.3) is 11.8 Å². The quantitative estimate of drug-likeness (QED) is 0.645. The summed E-state index contributed by atoms with van der Waals surface area (Å²) in [5, 5.41) is 13.6. The molecule has 1 aromatic carbocycles. The van der Waals surface area contributed by atoms with Crippen LogP contribution in [0.1, 0.15) is 85.2 Å². The van der Waals surface area contributed by atoms with Gasteiger partial charge in [-0.05, 0) is 38.7 Å². The van der Waals surface area contributed by atoms with Crippen molar-refractivity contribution in [1.82, 2.24) is 14.8 Å². The Labute approximate surface area is 213 Å². The van der Waals surface area contributed by atoms with Crippen molar-refractivity contribution in [3.8, 4) is 5.75 Å². The zero-order valence-electron chi connectivity index (χ0n) is 20.9. The Kier molecular flexibility index (Phi) is 6.55. The minimum Gasteiger partial charge on any atom is -0.503 e. The molecule has 0 bridgehead atoms. The van der Waals surface area contributed by atoms with Crippen LogP contribution in [0.4, 0.5) is 8.78 Å². The Balaban J connectivity index is 1.52. The van der Waals surface area contributed by atoms with Crippen molar-refractivity contribution in [2.75, 3.05) is 0 Å². The minimum absolute atomic E-state index is 0.0295. The normalized spacial score (nSPS) is 24.8. The highest BCUT2D eigenvalue weighted by atomic mass is 19.1. The maximum absolute atomic E-state index is 14.8. The van der Waals surface area contributed by atoms with Crippen LogP contribution in [0.3, 0.4) is 0 Å². The zero-order valence-corrected chi connectivity index (χ0v) is 20.9. The molecule has 1 saturated carbocycles. The van der Waals surface area contributed by atoms with Crippen LogP contribution in [0.2, 0.25) is 0 Å². The third kappa shape index (κ3) is 4.31. The van der Waals surface area contributed by atoms with E-state index >= 15 is 0 Å². The van der Waals surface area contributed by atoms with Crippen LogP contribution in [0, 0.1) is 11.6 Å². The first-order valence-corrected chi connectivity index (χ1v) is 12.9.